The highest BCUT2D eigenvalue weighted by molar-refractivity contribution is 5.95. The molecule has 0 spiro atoms. The number of ether oxygens (including phenoxy) is 2. The normalized spacial score (nSPS) is 21.4. The molecule has 2 amide bonds. The van der Waals surface area contributed by atoms with Gasteiger partial charge < -0.3 is 20.1 Å². The topological polar surface area (TPSA) is 76.7 Å². The van der Waals surface area contributed by atoms with Crippen molar-refractivity contribution in [3.8, 4) is 11.5 Å². The maximum atomic E-state index is 12.9. The third kappa shape index (κ3) is 6.99. The molecule has 1 aliphatic rings. The zero-order chi connectivity index (χ0) is 24.8. The summed E-state index contributed by atoms with van der Waals surface area (Å²) in [4.78, 5) is 25.6. The van der Waals surface area contributed by atoms with E-state index in [0.29, 0.717) is 30.9 Å². The Morgan fingerprint density at radius 1 is 0.824 bits per heavy atom. The van der Waals surface area contributed by atoms with Crippen LogP contribution >= 0.6 is 0 Å². The largest absolute Gasteiger partial charge is 0.494 e. The van der Waals surface area contributed by atoms with Gasteiger partial charge in [-0.1, -0.05) is 20.8 Å². The third-order valence-corrected chi connectivity index (χ3v) is 6.31. The minimum atomic E-state index is -0.126. The number of benzene rings is 2. The number of rotatable bonds is 9. The van der Waals surface area contributed by atoms with Crippen LogP contribution in [0.15, 0.2) is 48.5 Å². The van der Waals surface area contributed by atoms with Crippen molar-refractivity contribution in [2.75, 3.05) is 19.8 Å². The van der Waals surface area contributed by atoms with Gasteiger partial charge in [0.1, 0.15) is 11.5 Å². The standard InChI is InChI=1S/C28H38N2O4/c1-6-33-23-12-8-20(9-13-23)25(31)29-19-28(5)17-22(16-27(3,4)18-28)30-26(32)21-10-14-24(15-11-21)34-7-2/h8-15,22H,6-7,16-19H2,1-5H3,(H,29,31)(H,30,32)/t22-,28+/m1/s1. The van der Waals surface area contributed by atoms with E-state index in [2.05, 4.69) is 31.4 Å². The molecule has 0 aliphatic heterocycles. The molecule has 0 aromatic heterocycles. The fraction of sp³-hybridized carbons (Fsp3) is 0.500. The molecule has 3 rings (SSSR count). The Kier molecular flexibility index (Phi) is 8.24. The Morgan fingerprint density at radius 3 is 1.82 bits per heavy atom. The van der Waals surface area contributed by atoms with Crippen LogP contribution in [0.2, 0.25) is 0 Å². The van der Waals surface area contributed by atoms with Gasteiger partial charge in [0, 0.05) is 23.7 Å². The van der Waals surface area contributed by atoms with Gasteiger partial charge in [0.15, 0.2) is 0 Å². The Morgan fingerprint density at radius 2 is 1.32 bits per heavy atom. The molecule has 1 fully saturated rings. The monoisotopic (exact) mass is 466 g/mol. The SMILES string of the molecule is CCOc1ccc(C(=O)NC[C@@]2(C)C[C@H](NC(=O)c3ccc(OCC)cc3)CC(C)(C)C2)cc1. The van der Waals surface area contributed by atoms with Crippen molar-refractivity contribution in [3.05, 3.63) is 59.7 Å². The molecule has 0 bridgehead atoms. The van der Waals surface area contributed by atoms with E-state index < -0.39 is 0 Å². The van der Waals surface area contributed by atoms with Crippen molar-refractivity contribution in [2.45, 2.75) is 59.9 Å². The molecule has 0 unspecified atom stereocenters. The van der Waals surface area contributed by atoms with Crippen LogP contribution < -0.4 is 20.1 Å². The number of amides is 2. The lowest BCUT2D eigenvalue weighted by atomic mass is 9.62. The fourth-order valence-corrected chi connectivity index (χ4v) is 5.27. The zero-order valence-electron chi connectivity index (χ0n) is 21.1. The second-order valence-electron chi connectivity index (χ2n) is 10.3. The summed E-state index contributed by atoms with van der Waals surface area (Å²) in [7, 11) is 0. The first-order valence-electron chi connectivity index (χ1n) is 12.2. The molecule has 0 heterocycles. The van der Waals surface area contributed by atoms with E-state index in [1.165, 1.54) is 0 Å². The zero-order valence-corrected chi connectivity index (χ0v) is 21.1. The molecule has 34 heavy (non-hydrogen) atoms. The summed E-state index contributed by atoms with van der Waals surface area (Å²) in [6.07, 6.45) is 2.68. The van der Waals surface area contributed by atoms with E-state index in [0.717, 1.165) is 30.8 Å². The average molecular weight is 467 g/mol. The van der Waals surface area contributed by atoms with Crippen LogP contribution in [0.3, 0.4) is 0 Å². The first kappa shape index (κ1) is 25.6. The van der Waals surface area contributed by atoms with E-state index in [1.807, 2.05) is 38.1 Å². The van der Waals surface area contributed by atoms with Crippen LogP contribution in [0.4, 0.5) is 0 Å². The third-order valence-electron chi connectivity index (χ3n) is 6.31. The van der Waals surface area contributed by atoms with Gasteiger partial charge in [0.25, 0.3) is 11.8 Å². The molecule has 2 aromatic rings. The highest BCUT2D eigenvalue weighted by Gasteiger charge is 2.42. The van der Waals surface area contributed by atoms with Crippen LogP contribution in [0.1, 0.15) is 74.6 Å². The predicted molar refractivity (Wildman–Crippen MR) is 135 cm³/mol. The number of carbonyl (C=O) groups excluding carboxylic acids is 2. The molecule has 0 saturated heterocycles. The van der Waals surface area contributed by atoms with Crippen molar-refractivity contribution < 1.29 is 19.1 Å². The summed E-state index contributed by atoms with van der Waals surface area (Å²) in [5, 5.41) is 6.34. The Bertz CT molecular complexity index is 969. The molecule has 6 heteroatoms. The quantitative estimate of drug-likeness (QED) is 0.531. The van der Waals surface area contributed by atoms with E-state index in [4.69, 9.17) is 9.47 Å². The molecule has 2 N–H and O–H groups in total. The second kappa shape index (κ2) is 10.9. The number of hydrogen-bond acceptors (Lipinski definition) is 4. The average Bonchev–Trinajstić information content (AvgIpc) is 2.77. The van der Waals surface area contributed by atoms with Gasteiger partial charge in [-0.2, -0.15) is 0 Å². The summed E-state index contributed by atoms with van der Waals surface area (Å²) < 4.78 is 10.9. The minimum absolute atomic E-state index is 0.0372. The van der Waals surface area contributed by atoms with E-state index in [1.54, 1.807) is 24.3 Å². The molecule has 1 saturated carbocycles. The van der Waals surface area contributed by atoms with Gasteiger partial charge in [-0.05, 0) is 92.5 Å². The highest BCUT2D eigenvalue weighted by Crippen LogP contribution is 2.45. The van der Waals surface area contributed by atoms with Gasteiger partial charge >= 0.3 is 0 Å². The van der Waals surface area contributed by atoms with Crippen molar-refractivity contribution in [3.63, 3.8) is 0 Å². The number of carbonyl (C=O) groups is 2. The van der Waals surface area contributed by atoms with E-state index in [-0.39, 0.29) is 28.7 Å². The van der Waals surface area contributed by atoms with Gasteiger partial charge in [0.05, 0.1) is 13.2 Å². The number of hydrogen-bond donors (Lipinski definition) is 2. The Labute approximate surface area is 203 Å². The van der Waals surface area contributed by atoms with Crippen LogP contribution in [0, 0.1) is 10.8 Å². The maximum absolute atomic E-state index is 12.9. The van der Waals surface area contributed by atoms with Gasteiger partial charge in [-0.15, -0.1) is 0 Å². The molecule has 1 aliphatic carbocycles. The van der Waals surface area contributed by atoms with E-state index >= 15 is 0 Å². The molecule has 2 atom stereocenters. The first-order valence-corrected chi connectivity index (χ1v) is 12.2. The van der Waals surface area contributed by atoms with Crippen molar-refractivity contribution in [1.29, 1.82) is 0 Å². The molecule has 0 radical (unpaired) electrons. The summed E-state index contributed by atoms with van der Waals surface area (Å²) in [6.45, 7) is 12.3. The lowest BCUT2D eigenvalue weighted by Gasteiger charge is -2.47. The Balaban J connectivity index is 1.61. The summed E-state index contributed by atoms with van der Waals surface area (Å²) in [6, 6.07) is 14.5. The predicted octanol–water partition coefficient (Wildman–Crippen LogP) is 5.23. The van der Waals surface area contributed by atoms with Crippen molar-refractivity contribution >= 4 is 11.8 Å². The summed E-state index contributed by atoms with van der Waals surface area (Å²) in [5.74, 6) is 1.34. The molecular weight excluding hydrogens is 428 g/mol. The fourth-order valence-electron chi connectivity index (χ4n) is 5.27. The summed E-state index contributed by atoms with van der Waals surface area (Å²) in [5.41, 5.74) is 1.16. The second-order valence-corrected chi connectivity index (χ2v) is 10.3. The molecule has 184 valence electrons. The molecule has 6 nitrogen and oxygen atoms in total. The van der Waals surface area contributed by atoms with Crippen LogP contribution in [0.25, 0.3) is 0 Å². The van der Waals surface area contributed by atoms with Crippen molar-refractivity contribution in [1.82, 2.24) is 10.6 Å². The number of nitrogens with one attached hydrogen (secondary N) is 2. The van der Waals surface area contributed by atoms with E-state index in [9.17, 15) is 9.59 Å². The minimum Gasteiger partial charge on any atom is -0.494 e. The van der Waals surface area contributed by atoms with Crippen LogP contribution in [-0.4, -0.2) is 37.6 Å². The van der Waals surface area contributed by atoms with Gasteiger partial charge in [0.2, 0.25) is 0 Å². The lowest BCUT2D eigenvalue weighted by Crippen LogP contribution is -2.50. The van der Waals surface area contributed by atoms with Gasteiger partial charge in [-0.3, -0.25) is 9.59 Å². The summed E-state index contributed by atoms with van der Waals surface area (Å²) >= 11 is 0. The smallest absolute Gasteiger partial charge is 0.251 e. The first-order chi connectivity index (χ1) is 16.1. The van der Waals surface area contributed by atoms with Crippen LogP contribution in [0.5, 0.6) is 11.5 Å². The van der Waals surface area contributed by atoms with Gasteiger partial charge in [-0.25, -0.2) is 0 Å². The molecular formula is C28H38N2O4. The highest BCUT2D eigenvalue weighted by atomic mass is 16.5. The molecule has 2 aromatic carbocycles. The maximum Gasteiger partial charge on any atom is 0.251 e. The van der Waals surface area contributed by atoms with Crippen molar-refractivity contribution in [2.24, 2.45) is 10.8 Å². The Hall–Kier alpha value is -3.02. The van der Waals surface area contributed by atoms with Crippen LogP contribution in [-0.2, 0) is 0 Å². The lowest BCUT2D eigenvalue weighted by molar-refractivity contribution is 0.0592.